The van der Waals surface area contributed by atoms with Gasteiger partial charge in [-0.25, -0.2) is 4.98 Å². The van der Waals surface area contributed by atoms with Gasteiger partial charge in [0.2, 0.25) is 0 Å². The van der Waals surface area contributed by atoms with E-state index in [1.54, 1.807) is 23.7 Å². The maximum Gasteiger partial charge on any atom is 0.273 e. The fourth-order valence-corrected chi connectivity index (χ4v) is 4.67. The van der Waals surface area contributed by atoms with E-state index < -0.39 is 0 Å². The van der Waals surface area contributed by atoms with Crippen molar-refractivity contribution in [3.05, 3.63) is 94.1 Å². The molecule has 0 saturated heterocycles. The lowest BCUT2D eigenvalue weighted by Gasteiger charge is -2.22. The molecule has 0 radical (unpaired) electrons. The number of benzene rings is 1. The predicted octanol–water partition coefficient (Wildman–Crippen LogP) is 5.67. The minimum Gasteiger partial charge on any atom is -0.329 e. The van der Waals surface area contributed by atoms with E-state index in [-0.39, 0.29) is 5.91 Å². The van der Waals surface area contributed by atoms with E-state index in [0.717, 1.165) is 27.4 Å². The molecule has 1 amide bonds. The first-order valence-corrected chi connectivity index (χ1v) is 11.2. The average Bonchev–Trinajstić information content (AvgIpc) is 3.46. The Labute approximate surface area is 178 Å². The third-order valence-corrected chi connectivity index (χ3v) is 6.52. The third kappa shape index (κ3) is 4.78. The van der Waals surface area contributed by atoms with Crippen molar-refractivity contribution >= 4 is 28.6 Å². The highest BCUT2D eigenvalue weighted by Gasteiger charge is 2.20. The highest BCUT2D eigenvalue weighted by molar-refractivity contribution is 7.20. The molecule has 146 valence electrons. The lowest BCUT2D eigenvalue weighted by Crippen LogP contribution is -2.30. The first-order chi connectivity index (χ1) is 14.2. The monoisotopic (exact) mass is 419 g/mol. The van der Waals surface area contributed by atoms with Gasteiger partial charge in [0.25, 0.3) is 5.91 Å². The lowest BCUT2D eigenvalue weighted by atomic mass is 10.1. The van der Waals surface area contributed by atoms with Crippen LogP contribution in [-0.2, 0) is 19.5 Å². The molecule has 0 atom stereocenters. The molecule has 0 unspecified atom stereocenters. The molecular weight excluding hydrogens is 398 g/mol. The van der Waals surface area contributed by atoms with Gasteiger partial charge in [-0.15, -0.1) is 22.7 Å². The molecule has 6 heteroatoms. The van der Waals surface area contributed by atoms with Crippen molar-refractivity contribution in [2.75, 3.05) is 0 Å². The molecule has 1 aromatic carbocycles. The molecular formula is C23H21N3OS2. The fraction of sp³-hybridized carbons (Fsp3) is 0.174. The van der Waals surface area contributed by atoms with Crippen LogP contribution in [0.3, 0.4) is 0 Å². The first kappa shape index (κ1) is 19.5. The van der Waals surface area contributed by atoms with Crippen LogP contribution in [0.2, 0.25) is 0 Å². The van der Waals surface area contributed by atoms with E-state index in [4.69, 9.17) is 0 Å². The van der Waals surface area contributed by atoms with Crippen molar-refractivity contribution < 1.29 is 4.79 Å². The third-order valence-electron chi connectivity index (χ3n) is 4.64. The number of nitrogens with zero attached hydrogens (tertiary/aromatic N) is 3. The summed E-state index contributed by atoms with van der Waals surface area (Å²) in [5.74, 6) is -0.0625. The maximum absolute atomic E-state index is 13.3. The van der Waals surface area contributed by atoms with Crippen LogP contribution in [0.5, 0.6) is 0 Å². The van der Waals surface area contributed by atoms with Crippen molar-refractivity contribution in [3.63, 3.8) is 0 Å². The van der Waals surface area contributed by atoms with Crippen LogP contribution in [0.25, 0.3) is 9.88 Å². The summed E-state index contributed by atoms with van der Waals surface area (Å²) in [6, 6.07) is 16.4. The van der Waals surface area contributed by atoms with Gasteiger partial charge in [-0.1, -0.05) is 43.3 Å². The van der Waals surface area contributed by atoms with Gasteiger partial charge < -0.3 is 4.90 Å². The Morgan fingerprint density at radius 1 is 0.966 bits per heavy atom. The van der Waals surface area contributed by atoms with Gasteiger partial charge in [0.05, 0.1) is 4.88 Å². The Bertz CT molecular complexity index is 1060. The van der Waals surface area contributed by atoms with Crippen LogP contribution >= 0.6 is 22.7 Å². The molecule has 29 heavy (non-hydrogen) atoms. The van der Waals surface area contributed by atoms with Crippen LogP contribution in [-0.4, -0.2) is 20.8 Å². The minimum atomic E-state index is -0.0625. The minimum absolute atomic E-state index is 0.0625. The molecule has 4 rings (SSSR count). The number of aromatic nitrogens is 2. The predicted molar refractivity (Wildman–Crippen MR) is 119 cm³/mol. The summed E-state index contributed by atoms with van der Waals surface area (Å²) >= 11 is 3.14. The van der Waals surface area contributed by atoms with Crippen LogP contribution in [0.4, 0.5) is 0 Å². The Morgan fingerprint density at radius 3 is 2.45 bits per heavy atom. The molecule has 3 heterocycles. The van der Waals surface area contributed by atoms with Crippen LogP contribution < -0.4 is 0 Å². The highest BCUT2D eigenvalue weighted by atomic mass is 32.1. The number of carbonyl (C=O) groups excluding carboxylic acids is 1. The number of amides is 1. The number of rotatable bonds is 7. The molecule has 0 bridgehead atoms. The van der Waals surface area contributed by atoms with Gasteiger partial charge in [-0.2, -0.15) is 0 Å². The quantitative estimate of drug-likeness (QED) is 0.388. The summed E-state index contributed by atoms with van der Waals surface area (Å²) in [6.45, 7) is 3.16. The molecule has 0 saturated carbocycles. The Morgan fingerprint density at radius 2 is 1.76 bits per heavy atom. The smallest absolute Gasteiger partial charge is 0.273 e. The molecule has 0 aliphatic heterocycles. The molecule has 4 nitrogen and oxygen atoms in total. The van der Waals surface area contributed by atoms with E-state index in [0.29, 0.717) is 18.8 Å². The molecule has 3 aromatic heterocycles. The van der Waals surface area contributed by atoms with Crippen molar-refractivity contribution in [2.24, 2.45) is 0 Å². The van der Waals surface area contributed by atoms with Crippen molar-refractivity contribution in [3.8, 4) is 9.88 Å². The van der Waals surface area contributed by atoms with Crippen molar-refractivity contribution in [2.45, 2.75) is 26.4 Å². The van der Waals surface area contributed by atoms with Gasteiger partial charge >= 0.3 is 0 Å². The van der Waals surface area contributed by atoms with Crippen LogP contribution in [0.1, 0.15) is 34.1 Å². The van der Waals surface area contributed by atoms with Gasteiger partial charge in [-0.3, -0.25) is 9.78 Å². The van der Waals surface area contributed by atoms with Gasteiger partial charge in [-0.05, 0) is 40.6 Å². The largest absolute Gasteiger partial charge is 0.329 e. The molecule has 0 spiro atoms. The number of thiophene rings is 1. The van der Waals surface area contributed by atoms with E-state index in [2.05, 4.69) is 41.2 Å². The van der Waals surface area contributed by atoms with Gasteiger partial charge in [0.15, 0.2) is 0 Å². The molecule has 0 N–H and O–H groups in total. The number of hydrogen-bond acceptors (Lipinski definition) is 5. The first-order valence-electron chi connectivity index (χ1n) is 9.48. The number of hydrogen-bond donors (Lipinski definition) is 0. The molecule has 0 aliphatic rings. The number of pyridine rings is 1. The summed E-state index contributed by atoms with van der Waals surface area (Å²) in [5, 5.41) is 4.76. The van der Waals surface area contributed by atoms with Gasteiger partial charge in [0.1, 0.15) is 10.7 Å². The van der Waals surface area contributed by atoms with Crippen molar-refractivity contribution in [1.29, 1.82) is 0 Å². The van der Waals surface area contributed by atoms with Crippen LogP contribution in [0, 0.1) is 0 Å². The molecule has 0 aliphatic carbocycles. The zero-order valence-corrected chi connectivity index (χ0v) is 17.7. The van der Waals surface area contributed by atoms with E-state index >= 15 is 0 Å². The standard InChI is InChI=1S/C23H21N3OS2/c1-2-17-7-9-18(10-8-17)14-26(15-19-5-3-11-24-13-19)23(27)20-16-29-22(25-20)21-6-4-12-28-21/h3-13,16H,2,14-15H2,1H3. The number of thiazole rings is 1. The maximum atomic E-state index is 13.3. The molecule has 4 aromatic rings. The summed E-state index contributed by atoms with van der Waals surface area (Å²) in [6.07, 6.45) is 4.55. The second kappa shape index (κ2) is 9.11. The Balaban J connectivity index is 1.59. The summed E-state index contributed by atoms with van der Waals surface area (Å²) in [7, 11) is 0. The van der Waals surface area contributed by atoms with Gasteiger partial charge in [0, 0.05) is 30.9 Å². The van der Waals surface area contributed by atoms with E-state index in [9.17, 15) is 4.79 Å². The second-order valence-corrected chi connectivity index (χ2v) is 8.51. The number of carbonyl (C=O) groups is 1. The highest BCUT2D eigenvalue weighted by Crippen LogP contribution is 2.28. The summed E-state index contributed by atoms with van der Waals surface area (Å²) in [5.41, 5.74) is 3.89. The topological polar surface area (TPSA) is 46.1 Å². The second-order valence-electron chi connectivity index (χ2n) is 6.71. The van der Waals surface area contributed by atoms with Crippen LogP contribution in [0.15, 0.2) is 71.7 Å². The SMILES string of the molecule is CCc1ccc(CN(Cc2cccnc2)C(=O)c2csc(-c3cccs3)n2)cc1. The Hall–Kier alpha value is -2.83. The number of aryl methyl sites for hydroxylation is 1. The zero-order chi connectivity index (χ0) is 20.1. The normalized spacial score (nSPS) is 10.8. The fourth-order valence-electron chi connectivity index (χ4n) is 3.06. The Kier molecular flexibility index (Phi) is 6.12. The van der Waals surface area contributed by atoms with Crippen molar-refractivity contribution in [1.82, 2.24) is 14.9 Å². The average molecular weight is 420 g/mol. The van der Waals surface area contributed by atoms with E-state index in [1.807, 2.05) is 39.9 Å². The zero-order valence-electron chi connectivity index (χ0n) is 16.1. The molecule has 0 fully saturated rings. The lowest BCUT2D eigenvalue weighted by molar-refractivity contribution is 0.0725. The van der Waals surface area contributed by atoms with E-state index in [1.165, 1.54) is 16.9 Å². The summed E-state index contributed by atoms with van der Waals surface area (Å²) < 4.78 is 0. The summed E-state index contributed by atoms with van der Waals surface area (Å²) in [4.78, 5) is 25.0.